The van der Waals surface area contributed by atoms with E-state index >= 15 is 0 Å². The number of rotatable bonds is 3. The molecular formula is C21H25N2O3+. The summed E-state index contributed by atoms with van der Waals surface area (Å²) in [6.45, 7) is 5.13. The average molecular weight is 353 g/mol. The summed E-state index contributed by atoms with van der Waals surface area (Å²) in [6, 6.07) is 16.0. The number of fused-ring (bicyclic) bond motifs is 3. The second kappa shape index (κ2) is 7.70. The topological polar surface area (TPSA) is 59.4 Å². The molecule has 0 aliphatic carbocycles. The van der Waals surface area contributed by atoms with Crippen molar-refractivity contribution in [2.45, 2.75) is 33.4 Å². The molecule has 2 aromatic rings. The SMILES string of the molecule is CCCOC(=O)[N+]1(C(=N)OCC)Cc2ccccc2-c2ccccc2C1. The highest BCUT2D eigenvalue weighted by atomic mass is 16.6. The third-order valence-electron chi connectivity index (χ3n) is 4.65. The molecule has 0 saturated heterocycles. The van der Waals surface area contributed by atoms with Gasteiger partial charge in [-0.1, -0.05) is 55.5 Å². The van der Waals surface area contributed by atoms with E-state index in [0.29, 0.717) is 26.3 Å². The maximum Gasteiger partial charge on any atom is 0.525 e. The average Bonchev–Trinajstić information content (AvgIpc) is 2.81. The lowest BCUT2D eigenvalue weighted by Gasteiger charge is -2.31. The van der Waals surface area contributed by atoms with Gasteiger partial charge in [0.15, 0.2) is 0 Å². The predicted molar refractivity (Wildman–Crippen MR) is 101 cm³/mol. The Bertz CT molecular complexity index is 769. The van der Waals surface area contributed by atoms with Crippen LogP contribution in [0.25, 0.3) is 11.1 Å². The smallest absolute Gasteiger partial charge is 0.437 e. The van der Waals surface area contributed by atoms with Crippen molar-refractivity contribution >= 4 is 12.1 Å². The van der Waals surface area contributed by atoms with Gasteiger partial charge in [0, 0.05) is 11.1 Å². The standard InChI is InChI=1S/C21H25N2O3/c1-3-13-26-21(24)23(20(22)25-4-2)14-16-9-5-7-11-18(16)19-12-8-6-10-17(19)15-23/h5-12,22H,3-4,13-15H2,1-2H3/q+1. The van der Waals surface area contributed by atoms with Crippen molar-refractivity contribution < 1.29 is 18.8 Å². The molecule has 136 valence electrons. The van der Waals surface area contributed by atoms with Crippen molar-refractivity contribution in [3.63, 3.8) is 0 Å². The number of nitrogens with one attached hydrogen (secondary N) is 1. The van der Waals surface area contributed by atoms with Gasteiger partial charge in [0.25, 0.3) is 0 Å². The summed E-state index contributed by atoms with van der Waals surface area (Å²) < 4.78 is 10.7. The van der Waals surface area contributed by atoms with Crippen molar-refractivity contribution in [1.29, 1.82) is 5.41 Å². The summed E-state index contributed by atoms with van der Waals surface area (Å²) in [5, 5.41) is 8.53. The van der Waals surface area contributed by atoms with E-state index in [-0.39, 0.29) is 10.5 Å². The van der Waals surface area contributed by atoms with Crippen LogP contribution in [0.2, 0.25) is 0 Å². The van der Waals surface area contributed by atoms with Gasteiger partial charge in [-0.25, -0.2) is 5.41 Å². The fraction of sp³-hybridized carbons (Fsp3) is 0.333. The van der Waals surface area contributed by atoms with Crippen LogP contribution in [0.1, 0.15) is 31.4 Å². The van der Waals surface area contributed by atoms with Gasteiger partial charge in [0.1, 0.15) is 13.1 Å². The zero-order valence-corrected chi connectivity index (χ0v) is 15.3. The molecule has 0 saturated carbocycles. The Morgan fingerprint density at radius 3 is 2.00 bits per heavy atom. The number of amidine groups is 1. The number of quaternary nitrogens is 1. The fourth-order valence-electron chi connectivity index (χ4n) is 3.41. The zero-order valence-electron chi connectivity index (χ0n) is 15.3. The molecule has 0 spiro atoms. The Labute approximate surface area is 154 Å². The normalized spacial score (nSPS) is 14.5. The number of ether oxygens (including phenoxy) is 2. The lowest BCUT2D eigenvalue weighted by Crippen LogP contribution is -2.56. The molecule has 2 aromatic carbocycles. The van der Waals surface area contributed by atoms with Crippen LogP contribution in [-0.2, 0) is 22.6 Å². The van der Waals surface area contributed by atoms with E-state index in [2.05, 4.69) is 12.1 Å². The van der Waals surface area contributed by atoms with Crippen LogP contribution in [0.4, 0.5) is 4.79 Å². The van der Waals surface area contributed by atoms with E-state index in [0.717, 1.165) is 28.7 Å². The summed E-state index contributed by atoms with van der Waals surface area (Å²) in [4.78, 5) is 13.1. The largest absolute Gasteiger partial charge is 0.525 e. The van der Waals surface area contributed by atoms with Crippen LogP contribution in [0, 0.1) is 5.41 Å². The quantitative estimate of drug-likeness (QED) is 0.494. The number of hydrogen-bond acceptors (Lipinski definition) is 4. The number of carbonyl (C=O) groups is 1. The Morgan fingerprint density at radius 1 is 0.962 bits per heavy atom. The molecule has 0 unspecified atom stereocenters. The minimum absolute atomic E-state index is 0.0693. The molecule has 1 aliphatic rings. The summed E-state index contributed by atoms with van der Waals surface area (Å²) in [5.41, 5.74) is 4.21. The number of amides is 1. The lowest BCUT2D eigenvalue weighted by atomic mass is 9.97. The van der Waals surface area contributed by atoms with Gasteiger partial charge in [0.05, 0.1) is 13.2 Å². The van der Waals surface area contributed by atoms with Gasteiger partial charge in [-0.15, -0.1) is 4.48 Å². The van der Waals surface area contributed by atoms with Gasteiger partial charge < -0.3 is 9.47 Å². The Balaban J connectivity index is 2.16. The Hall–Kier alpha value is -2.66. The first-order valence-electron chi connectivity index (χ1n) is 9.05. The van der Waals surface area contributed by atoms with Crippen molar-refractivity contribution in [2.75, 3.05) is 13.2 Å². The third kappa shape index (κ3) is 3.22. The summed E-state index contributed by atoms with van der Waals surface area (Å²) >= 11 is 0. The van der Waals surface area contributed by atoms with Crippen molar-refractivity contribution in [3.8, 4) is 11.1 Å². The van der Waals surface area contributed by atoms with Crippen molar-refractivity contribution in [2.24, 2.45) is 0 Å². The van der Waals surface area contributed by atoms with Crippen LogP contribution >= 0.6 is 0 Å². The molecule has 1 heterocycles. The van der Waals surface area contributed by atoms with Crippen LogP contribution < -0.4 is 0 Å². The van der Waals surface area contributed by atoms with E-state index in [1.165, 1.54) is 0 Å². The summed E-state index contributed by atoms with van der Waals surface area (Å²) in [6.07, 6.45) is 0.303. The minimum atomic E-state index is -0.434. The summed E-state index contributed by atoms with van der Waals surface area (Å²) in [7, 11) is 0. The molecule has 1 N–H and O–H groups in total. The first kappa shape index (κ1) is 18.1. The number of nitrogens with zero attached hydrogens (tertiary/aromatic N) is 1. The second-order valence-corrected chi connectivity index (χ2v) is 6.45. The minimum Gasteiger partial charge on any atom is -0.437 e. The van der Waals surface area contributed by atoms with Gasteiger partial charge in [-0.2, -0.15) is 4.79 Å². The molecule has 0 bridgehead atoms. The molecule has 1 amide bonds. The molecule has 1 aliphatic heterocycles. The van der Waals surface area contributed by atoms with Crippen LogP contribution in [0.5, 0.6) is 0 Å². The van der Waals surface area contributed by atoms with Crippen LogP contribution in [-0.4, -0.2) is 29.8 Å². The Morgan fingerprint density at radius 2 is 1.50 bits per heavy atom. The highest BCUT2D eigenvalue weighted by Crippen LogP contribution is 2.36. The third-order valence-corrected chi connectivity index (χ3v) is 4.65. The van der Waals surface area contributed by atoms with Crippen LogP contribution in [0.3, 0.4) is 0 Å². The Kier molecular flexibility index (Phi) is 5.38. The lowest BCUT2D eigenvalue weighted by molar-refractivity contribution is -0.806. The van der Waals surface area contributed by atoms with Gasteiger partial charge in [-0.3, -0.25) is 0 Å². The fourth-order valence-corrected chi connectivity index (χ4v) is 3.41. The summed E-state index contributed by atoms with van der Waals surface area (Å²) in [5.74, 6) is 0. The second-order valence-electron chi connectivity index (χ2n) is 6.45. The maximum absolute atomic E-state index is 13.1. The number of carbonyl (C=O) groups excluding carboxylic acids is 1. The molecule has 0 radical (unpaired) electrons. The molecular weight excluding hydrogens is 328 g/mol. The monoisotopic (exact) mass is 353 g/mol. The van der Waals surface area contributed by atoms with Crippen molar-refractivity contribution in [3.05, 3.63) is 59.7 Å². The van der Waals surface area contributed by atoms with E-state index < -0.39 is 6.09 Å². The van der Waals surface area contributed by atoms with E-state index in [1.54, 1.807) is 0 Å². The van der Waals surface area contributed by atoms with E-state index in [4.69, 9.17) is 14.9 Å². The molecule has 0 aromatic heterocycles. The van der Waals surface area contributed by atoms with Crippen LogP contribution in [0.15, 0.2) is 48.5 Å². The molecule has 3 rings (SSSR count). The van der Waals surface area contributed by atoms with Crippen molar-refractivity contribution in [1.82, 2.24) is 0 Å². The first-order chi connectivity index (χ1) is 12.6. The molecule has 0 atom stereocenters. The van der Waals surface area contributed by atoms with Gasteiger partial charge in [0.2, 0.25) is 0 Å². The zero-order chi connectivity index (χ0) is 18.6. The molecule has 26 heavy (non-hydrogen) atoms. The highest BCUT2D eigenvalue weighted by Gasteiger charge is 2.48. The number of hydrogen-bond donors (Lipinski definition) is 1. The number of benzene rings is 2. The van der Waals surface area contributed by atoms with Gasteiger partial charge >= 0.3 is 12.1 Å². The molecule has 0 fully saturated rings. The molecule has 5 nitrogen and oxygen atoms in total. The van der Waals surface area contributed by atoms with Gasteiger partial charge in [-0.05, 0) is 24.5 Å². The maximum atomic E-state index is 13.1. The first-order valence-corrected chi connectivity index (χ1v) is 9.05. The van der Waals surface area contributed by atoms with E-state index in [1.807, 2.05) is 50.2 Å². The molecule has 5 heteroatoms. The predicted octanol–water partition coefficient (Wildman–Crippen LogP) is 4.70. The highest BCUT2D eigenvalue weighted by molar-refractivity contribution is 5.80. The van der Waals surface area contributed by atoms with E-state index in [9.17, 15) is 4.79 Å².